The average Bonchev–Trinajstić information content (AvgIpc) is 2.94. The van der Waals surface area contributed by atoms with Gasteiger partial charge in [-0.25, -0.2) is 0 Å². The van der Waals surface area contributed by atoms with E-state index in [1.54, 1.807) is 63.2 Å². The Hall–Kier alpha value is -2.88. The Bertz CT molecular complexity index is 1200. The normalized spacial score (nSPS) is 16.2. The molecule has 43 heavy (non-hydrogen) atoms. The van der Waals surface area contributed by atoms with E-state index in [0.29, 0.717) is 69.2 Å². The summed E-state index contributed by atoms with van der Waals surface area (Å²) in [5, 5.41) is 30.8. The molecule has 1 saturated heterocycles. The van der Waals surface area contributed by atoms with Crippen molar-refractivity contribution in [3.05, 3.63) is 65.7 Å². The number of nitrogens with zero attached hydrogens (tertiary/aromatic N) is 4. The first-order chi connectivity index (χ1) is 20.1. The Morgan fingerprint density at radius 2 is 0.884 bits per heavy atom. The summed E-state index contributed by atoms with van der Waals surface area (Å²) in [5.74, 6) is -3.50. The van der Waals surface area contributed by atoms with Crippen LogP contribution in [0, 0.1) is 38.6 Å². The van der Waals surface area contributed by atoms with E-state index in [0.717, 1.165) is 0 Å². The van der Waals surface area contributed by atoms with Gasteiger partial charge >= 0.3 is 17.9 Å². The molecule has 1 heterocycles. The first-order valence-corrected chi connectivity index (χ1v) is 13.6. The van der Waals surface area contributed by atoms with Crippen molar-refractivity contribution in [1.29, 1.82) is 0 Å². The van der Waals surface area contributed by atoms with E-state index in [1.165, 1.54) is 0 Å². The van der Waals surface area contributed by atoms with Crippen molar-refractivity contribution in [2.75, 3.05) is 83.9 Å². The number of carbonyl (C=O) groups excluding carboxylic acids is 2. The van der Waals surface area contributed by atoms with Crippen LogP contribution in [0.15, 0.2) is 54.6 Å². The zero-order valence-electron chi connectivity index (χ0n) is 23.7. The first kappa shape index (κ1) is 36.3. The molecule has 0 spiro atoms. The molecule has 4 N–H and O–H groups in total. The summed E-state index contributed by atoms with van der Waals surface area (Å²) in [6.45, 7) is 1.77. The van der Waals surface area contributed by atoms with E-state index in [-0.39, 0.29) is 76.5 Å². The average molecular weight is 743 g/mol. The summed E-state index contributed by atoms with van der Waals surface area (Å²) in [5.41, 5.74) is 1.56. The molecule has 3 rings (SSSR count). The van der Waals surface area contributed by atoms with Crippen molar-refractivity contribution >= 4 is 35.3 Å². The molecule has 0 saturated carbocycles. The second-order valence-corrected chi connectivity index (χ2v) is 10.1. The molecular formula is C29H37N5O8Tb. The Kier molecular flexibility index (Phi) is 15.8. The molecule has 1 radical (unpaired) electrons. The maximum atomic E-state index is 13.0. The van der Waals surface area contributed by atoms with Crippen LogP contribution in [-0.2, 0) is 19.2 Å². The van der Waals surface area contributed by atoms with Crippen LogP contribution in [0.2, 0.25) is 0 Å². The second-order valence-electron chi connectivity index (χ2n) is 10.1. The van der Waals surface area contributed by atoms with Gasteiger partial charge in [0.15, 0.2) is 5.78 Å². The third-order valence-electron chi connectivity index (χ3n) is 6.84. The van der Waals surface area contributed by atoms with Crippen LogP contribution in [0.1, 0.15) is 15.9 Å². The minimum absolute atomic E-state index is 0. The Labute approximate surface area is 280 Å². The number of carbonyl (C=O) groups is 5. The summed E-state index contributed by atoms with van der Waals surface area (Å²) >= 11 is 0. The topological polar surface area (TPSA) is 171 Å². The Morgan fingerprint density at radius 1 is 0.535 bits per heavy atom. The fourth-order valence-corrected chi connectivity index (χ4v) is 4.65. The number of hydrogen-bond acceptors (Lipinski definition) is 9. The molecule has 0 aliphatic carbocycles. The molecule has 1 aliphatic heterocycles. The number of benzene rings is 2. The third kappa shape index (κ3) is 13.5. The molecule has 14 heteroatoms. The minimum atomic E-state index is -1.02. The number of hydrogen-bond donors (Lipinski definition) is 4. The molecule has 0 atom stereocenters. The van der Waals surface area contributed by atoms with Gasteiger partial charge in [0.2, 0.25) is 5.91 Å². The van der Waals surface area contributed by atoms with E-state index in [4.69, 9.17) is 0 Å². The number of amides is 1. The van der Waals surface area contributed by atoms with Gasteiger partial charge in [0, 0.05) is 108 Å². The SMILES string of the molecule is O=C(O)CN1CCN(CC(=O)O)CCN(CC(=O)Nc2ccc(C(=O)c3ccccc3)cc2)CCN(CC(=O)O)CC1.[Tb]. The number of ketones is 1. The van der Waals surface area contributed by atoms with Crippen molar-refractivity contribution in [3.63, 3.8) is 0 Å². The van der Waals surface area contributed by atoms with Crippen LogP contribution in [0.25, 0.3) is 0 Å². The molecule has 0 bridgehead atoms. The van der Waals surface area contributed by atoms with E-state index in [9.17, 15) is 39.3 Å². The number of aliphatic carboxylic acids is 3. The number of carboxylic acids is 3. The maximum absolute atomic E-state index is 13.0. The number of carboxylic acid groups (broad SMARTS) is 3. The number of nitrogens with one attached hydrogen (secondary N) is 1. The van der Waals surface area contributed by atoms with Gasteiger partial charge in [-0.1, -0.05) is 30.3 Å². The summed E-state index contributed by atoms with van der Waals surface area (Å²) in [6, 6.07) is 15.5. The largest absolute Gasteiger partial charge is 0.480 e. The first-order valence-electron chi connectivity index (χ1n) is 13.6. The van der Waals surface area contributed by atoms with Gasteiger partial charge in [-0.15, -0.1) is 0 Å². The number of anilines is 1. The monoisotopic (exact) mass is 742 g/mol. The van der Waals surface area contributed by atoms with Gasteiger partial charge in [-0.05, 0) is 24.3 Å². The predicted octanol–water partition coefficient (Wildman–Crippen LogP) is 0.332. The van der Waals surface area contributed by atoms with Crippen molar-refractivity contribution in [2.24, 2.45) is 0 Å². The summed E-state index contributed by atoms with van der Waals surface area (Å²) < 4.78 is 0. The molecule has 2 aromatic carbocycles. The summed E-state index contributed by atoms with van der Waals surface area (Å²) in [4.78, 5) is 66.7. The molecule has 13 nitrogen and oxygen atoms in total. The standard InChI is InChI=1S/C29H37N5O8.Tb/c35-25(30-24-8-6-23(7-9-24)29(42)22-4-2-1-3-5-22)18-31-10-12-32(19-26(36)37)14-16-34(21-28(40)41)17-15-33(13-11-31)20-27(38)39;/h1-9H,10-21H2,(H,30,35)(H,36,37)(H,38,39)(H,40,41);. The Morgan fingerprint density at radius 3 is 1.26 bits per heavy atom. The van der Waals surface area contributed by atoms with E-state index in [2.05, 4.69) is 5.32 Å². The zero-order chi connectivity index (χ0) is 30.5. The molecule has 235 valence electrons. The van der Waals surface area contributed by atoms with Gasteiger partial charge in [-0.3, -0.25) is 43.6 Å². The summed E-state index contributed by atoms with van der Waals surface area (Å²) in [7, 11) is 0. The molecule has 1 amide bonds. The van der Waals surface area contributed by atoms with Crippen LogP contribution >= 0.6 is 0 Å². The van der Waals surface area contributed by atoms with E-state index < -0.39 is 17.9 Å². The fourth-order valence-electron chi connectivity index (χ4n) is 4.65. The van der Waals surface area contributed by atoms with Crippen LogP contribution in [-0.4, -0.2) is 143 Å². The summed E-state index contributed by atoms with van der Waals surface area (Å²) in [6.07, 6.45) is 0. The maximum Gasteiger partial charge on any atom is 0.317 e. The Balaban J connectivity index is 0.00000645. The van der Waals surface area contributed by atoms with Crippen molar-refractivity contribution < 1.29 is 77.9 Å². The van der Waals surface area contributed by atoms with Gasteiger partial charge in [0.25, 0.3) is 0 Å². The van der Waals surface area contributed by atoms with E-state index >= 15 is 0 Å². The van der Waals surface area contributed by atoms with Gasteiger partial charge in [-0.2, -0.15) is 0 Å². The van der Waals surface area contributed by atoms with E-state index in [1.807, 2.05) is 11.0 Å². The molecule has 1 aliphatic rings. The van der Waals surface area contributed by atoms with Crippen molar-refractivity contribution in [3.8, 4) is 0 Å². The molecule has 2 aromatic rings. The molecule has 1 fully saturated rings. The van der Waals surface area contributed by atoms with Crippen LogP contribution < -0.4 is 5.32 Å². The van der Waals surface area contributed by atoms with Crippen LogP contribution in [0.3, 0.4) is 0 Å². The smallest absolute Gasteiger partial charge is 0.317 e. The van der Waals surface area contributed by atoms with Crippen LogP contribution in [0.5, 0.6) is 0 Å². The van der Waals surface area contributed by atoms with Crippen molar-refractivity contribution in [1.82, 2.24) is 19.6 Å². The predicted molar refractivity (Wildman–Crippen MR) is 154 cm³/mol. The quantitative estimate of drug-likeness (QED) is 0.233. The van der Waals surface area contributed by atoms with Gasteiger partial charge in [0.1, 0.15) is 0 Å². The fraction of sp³-hybridized carbons (Fsp3) is 0.414. The van der Waals surface area contributed by atoms with Gasteiger partial charge in [0.05, 0.1) is 26.2 Å². The zero-order valence-corrected chi connectivity index (χ0v) is 25.8. The molecular weight excluding hydrogens is 705 g/mol. The van der Waals surface area contributed by atoms with Crippen molar-refractivity contribution in [2.45, 2.75) is 0 Å². The number of rotatable bonds is 11. The molecule has 0 aromatic heterocycles. The second kappa shape index (κ2) is 18.7. The minimum Gasteiger partial charge on any atom is -0.480 e. The third-order valence-corrected chi connectivity index (χ3v) is 6.84. The van der Waals surface area contributed by atoms with Crippen LogP contribution in [0.4, 0.5) is 5.69 Å². The van der Waals surface area contributed by atoms with Gasteiger partial charge < -0.3 is 20.6 Å². The molecule has 0 unspecified atom stereocenters.